The van der Waals surface area contributed by atoms with Gasteiger partial charge in [-0.2, -0.15) is 0 Å². The molecule has 0 saturated heterocycles. The molecule has 2 rings (SSSR count). The molecule has 8 heteroatoms. The molecule has 1 aromatic carbocycles. The Morgan fingerprint density at radius 3 is 2.59 bits per heavy atom. The van der Waals surface area contributed by atoms with Crippen molar-refractivity contribution < 1.29 is 9.53 Å². The van der Waals surface area contributed by atoms with Gasteiger partial charge in [0, 0.05) is 25.3 Å². The third-order valence-electron chi connectivity index (χ3n) is 3.63. The summed E-state index contributed by atoms with van der Waals surface area (Å²) in [5.41, 5.74) is 1.66. The smallest absolute Gasteiger partial charge is 0.239 e. The van der Waals surface area contributed by atoms with Crippen molar-refractivity contribution in [3.05, 3.63) is 59.9 Å². The number of guanidine groups is 1. The second-order valence-corrected chi connectivity index (χ2v) is 7.33. The minimum Gasteiger partial charge on any atom is -0.487 e. The largest absolute Gasteiger partial charge is 0.487 e. The van der Waals surface area contributed by atoms with E-state index >= 15 is 0 Å². The van der Waals surface area contributed by atoms with Crippen LogP contribution < -0.4 is 20.7 Å². The van der Waals surface area contributed by atoms with Gasteiger partial charge in [0.15, 0.2) is 5.96 Å². The number of pyridine rings is 1. The summed E-state index contributed by atoms with van der Waals surface area (Å²) in [7, 11) is 1.67. The predicted molar refractivity (Wildman–Crippen MR) is 127 cm³/mol. The summed E-state index contributed by atoms with van der Waals surface area (Å²) >= 11 is 0. The van der Waals surface area contributed by atoms with Crippen molar-refractivity contribution in [3.63, 3.8) is 0 Å². The molecule has 7 nitrogen and oxygen atoms in total. The summed E-state index contributed by atoms with van der Waals surface area (Å²) in [5.74, 6) is 1.25. The summed E-state index contributed by atoms with van der Waals surface area (Å²) in [6, 6.07) is 13.6. The van der Waals surface area contributed by atoms with Crippen molar-refractivity contribution in [3.8, 4) is 5.75 Å². The van der Waals surface area contributed by atoms with Crippen LogP contribution in [0.3, 0.4) is 0 Å². The SMILES string of the molecule is CN=C(NCC(=O)NC(C)(C)C)NCc1cccc(OCc2ccccn2)c1.I. The highest BCUT2D eigenvalue weighted by molar-refractivity contribution is 14.0. The van der Waals surface area contributed by atoms with Gasteiger partial charge in [0.1, 0.15) is 12.4 Å². The molecule has 1 heterocycles. The first-order chi connectivity index (χ1) is 13.4. The number of amides is 1. The summed E-state index contributed by atoms with van der Waals surface area (Å²) in [4.78, 5) is 20.3. The number of aliphatic imine (C=N–C) groups is 1. The lowest BCUT2D eigenvalue weighted by atomic mass is 10.1. The molecule has 158 valence electrons. The van der Waals surface area contributed by atoms with Gasteiger partial charge < -0.3 is 20.7 Å². The monoisotopic (exact) mass is 511 g/mol. The van der Waals surface area contributed by atoms with Gasteiger partial charge in [0.2, 0.25) is 5.91 Å². The molecule has 0 aliphatic heterocycles. The van der Waals surface area contributed by atoms with E-state index < -0.39 is 0 Å². The number of hydrogen-bond donors (Lipinski definition) is 3. The maximum atomic E-state index is 11.9. The van der Waals surface area contributed by atoms with E-state index in [4.69, 9.17) is 4.74 Å². The van der Waals surface area contributed by atoms with Crippen LogP contribution >= 0.6 is 24.0 Å². The van der Waals surface area contributed by atoms with Crippen LogP contribution in [0.2, 0.25) is 0 Å². The van der Waals surface area contributed by atoms with Gasteiger partial charge in [-0.15, -0.1) is 24.0 Å². The highest BCUT2D eigenvalue weighted by Gasteiger charge is 2.13. The first-order valence-corrected chi connectivity index (χ1v) is 9.23. The molecule has 1 amide bonds. The second-order valence-electron chi connectivity index (χ2n) is 7.33. The molecule has 29 heavy (non-hydrogen) atoms. The average Bonchev–Trinajstić information content (AvgIpc) is 2.66. The Labute approximate surface area is 189 Å². The molecule has 0 fully saturated rings. The molecule has 0 aliphatic carbocycles. The second kappa shape index (κ2) is 12.3. The summed E-state index contributed by atoms with van der Waals surface area (Å²) < 4.78 is 5.80. The van der Waals surface area contributed by atoms with Crippen LogP contribution in [0.4, 0.5) is 0 Å². The average molecular weight is 511 g/mol. The molecule has 0 atom stereocenters. The third kappa shape index (κ3) is 10.1. The maximum Gasteiger partial charge on any atom is 0.239 e. The molecule has 0 saturated carbocycles. The zero-order chi connectivity index (χ0) is 20.4. The molecule has 2 aromatic rings. The van der Waals surface area contributed by atoms with Gasteiger partial charge in [0.05, 0.1) is 12.2 Å². The molecule has 1 aromatic heterocycles. The summed E-state index contributed by atoms with van der Waals surface area (Å²) in [6.45, 7) is 6.97. The quantitative estimate of drug-likeness (QED) is 0.303. The highest BCUT2D eigenvalue weighted by Crippen LogP contribution is 2.14. The van der Waals surface area contributed by atoms with Crippen LogP contribution in [0.25, 0.3) is 0 Å². The van der Waals surface area contributed by atoms with Gasteiger partial charge in [-0.1, -0.05) is 18.2 Å². The molecule has 0 radical (unpaired) electrons. The zero-order valence-corrected chi connectivity index (χ0v) is 19.7. The number of rotatable bonds is 7. The van der Waals surface area contributed by atoms with Gasteiger partial charge in [-0.3, -0.25) is 14.8 Å². The predicted octanol–water partition coefficient (Wildman–Crippen LogP) is 2.86. The molecular formula is C21H30IN5O2. The fourth-order valence-electron chi connectivity index (χ4n) is 2.42. The van der Waals surface area contributed by atoms with E-state index in [1.807, 2.05) is 63.2 Å². The lowest BCUT2D eigenvalue weighted by Gasteiger charge is -2.21. The first kappa shape index (κ1) is 24.7. The van der Waals surface area contributed by atoms with E-state index in [0.717, 1.165) is 17.0 Å². The summed E-state index contributed by atoms with van der Waals surface area (Å²) in [5, 5.41) is 9.11. The Balaban J connectivity index is 0.00000420. The Morgan fingerprint density at radius 2 is 1.93 bits per heavy atom. The van der Waals surface area contributed by atoms with Gasteiger partial charge in [0.25, 0.3) is 0 Å². The highest BCUT2D eigenvalue weighted by atomic mass is 127. The standard InChI is InChI=1S/C21H29N5O2.HI/c1-21(2,3)26-19(27)14-25-20(22-4)24-13-16-8-7-10-18(12-16)28-15-17-9-5-6-11-23-17;/h5-12H,13-15H2,1-4H3,(H,26,27)(H2,22,24,25);1H. The number of hydrogen-bond acceptors (Lipinski definition) is 4. The van der Waals surface area contributed by atoms with Crippen LogP contribution in [0.15, 0.2) is 53.7 Å². The number of aromatic nitrogens is 1. The van der Waals surface area contributed by atoms with E-state index in [2.05, 4.69) is 25.9 Å². The van der Waals surface area contributed by atoms with Crippen LogP contribution in [0.5, 0.6) is 5.75 Å². The Kier molecular flexibility index (Phi) is 10.4. The molecule has 0 spiro atoms. The van der Waals surface area contributed by atoms with Crippen molar-refractivity contribution >= 4 is 35.8 Å². The molecule has 3 N–H and O–H groups in total. The van der Waals surface area contributed by atoms with Gasteiger partial charge in [-0.25, -0.2) is 0 Å². The van der Waals surface area contributed by atoms with E-state index in [9.17, 15) is 4.79 Å². The summed E-state index contributed by atoms with van der Waals surface area (Å²) in [6.07, 6.45) is 1.75. The minimum atomic E-state index is -0.259. The number of carbonyl (C=O) groups excluding carboxylic acids is 1. The number of benzene rings is 1. The molecule has 0 aliphatic rings. The Bertz CT molecular complexity index is 791. The van der Waals surface area contributed by atoms with Gasteiger partial charge >= 0.3 is 0 Å². The van der Waals surface area contributed by atoms with Gasteiger partial charge in [-0.05, 0) is 50.6 Å². The van der Waals surface area contributed by atoms with Crippen molar-refractivity contribution in [1.29, 1.82) is 0 Å². The number of nitrogens with one attached hydrogen (secondary N) is 3. The Morgan fingerprint density at radius 1 is 1.14 bits per heavy atom. The van der Waals surface area contributed by atoms with Crippen LogP contribution in [0.1, 0.15) is 32.0 Å². The van der Waals surface area contributed by atoms with Crippen molar-refractivity contribution in [2.24, 2.45) is 4.99 Å². The zero-order valence-electron chi connectivity index (χ0n) is 17.4. The number of ether oxygens (including phenoxy) is 1. The van der Waals surface area contributed by atoms with Crippen LogP contribution in [-0.2, 0) is 17.9 Å². The fourth-order valence-corrected chi connectivity index (χ4v) is 2.42. The molecule has 0 bridgehead atoms. The van der Waals surface area contributed by atoms with E-state index in [1.165, 1.54) is 0 Å². The third-order valence-corrected chi connectivity index (χ3v) is 3.63. The Hall–Kier alpha value is -2.36. The topological polar surface area (TPSA) is 87.6 Å². The lowest BCUT2D eigenvalue weighted by molar-refractivity contribution is -0.121. The van der Waals surface area contributed by atoms with Crippen molar-refractivity contribution in [2.45, 2.75) is 39.5 Å². The maximum absolute atomic E-state index is 11.9. The number of halogens is 1. The lowest BCUT2D eigenvalue weighted by Crippen LogP contribution is -2.48. The normalized spacial score (nSPS) is 11.2. The minimum absolute atomic E-state index is 0. The first-order valence-electron chi connectivity index (χ1n) is 9.23. The van der Waals surface area contributed by atoms with E-state index in [1.54, 1.807) is 13.2 Å². The van der Waals surface area contributed by atoms with E-state index in [-0.39, 0.29) is 42.0 Å². The van der Waals surface area contributed by atoms with Crippen molar-refractivity contribution in [2.75, 3.05) is 13.6 Å². The molecular weight excluding hydrogens is 481 g/mol. The van der Waals surface area contributed by atoms with E-state index in [0.29, 0.717) is 19.1 Å². The van der Waals surface area contributed by atoms with Crippen LogP contribution in [0, 0.1) is 0 Å². The fraction of sp³-hybridized carbons (Fsp3) is 0.381. The number of nitrogens with zero attached hydrogens (tertiary/aromatic N) is 2. The number of carbonyl (C=O) groups is 1. The van der Waals surface area contributed by atoms with Crippen molar-refractivity contribution in [1.82, 2.24) is 20.9 Å². The molecule has 0 unspecified atom stereocenters. The van der Waals surface area contributed by atoms with Crippen LogP contribution in [-0.4, -0.2) is 36.0 Å².